The number of rotatable bonds is 5. The van der Waals surface area contributed by atoms with Crippen molar-refractivity contribution in [3.05, 3.63) is 88.5 Å². The Morgan fingerprint density at radius 1 is 1.18 bits per heavy atom. The van der Waals surface area contributed by atoms with Crippen molar-refractivity contribution < 1.29 is 19.4 Å². The van der Waals surface area contributed by atoms with Gasteiger partial charge in [0.25, 0.3) is 5.91 Å². The fourth-order valence-corrected chi connectivity index (χ4v) is 4.92. The molecule has 0 saturated carbocycles. The summed E-state index contributed by atoms with van der Waals surface area (Å²) in [6, 6.07) is 15.2. The Balaban J connectivity index is 1.69. The maximum absolute atomic E-state index is 13.9. The number of benzene rings is 2. The summed E-state index contributed by atoms with van der Waals surface area (Å²) < 4.78 is 5.72. The van der Waals surface area contributed by atoms with Crippen LogP contribution in [0, 0.1) is 11.3 Å². The van der Waals surface area contributed by atoms with E-state index in [9.17, 15) is 20.0 Å². The van der Waals surface area contributed by atoms with E-state index in [0.29, 0.717) is 23.4 Å². The maximum atomic E-state index is 13.9. The largest absolute Gasteiger partial charge is 0.480 e. The highest BCUT2D eigenvalue weighted by molar-refractivity contribution is 6.31. The van der Waals surface area contributed by atoms with Gasteiger partial charge in [-0.05, 0) is 47.8 Å². The minimum absolute atomic E-state index is 0.214. The van der Waals surface area contributed by atoms with Gasteiger partial charge in [-0.25, -0.2) is 4.79 Å². The number of hydrogen-bond donors (Lipinski definition) is 1. The normalized spacial score (nSPS) is 24.3. The minimum Gasteiger partial charge on any atom is -0.480 e. The molecule has 2 aliphatic rings. The van der Waals surface area contributed by atoms with E-state index in [4.69, 9.17) is 16.3 Å². The van der Waals surface area contributed by atoms with Crippen molar-refractivity contribution in [2.24, 2.45) is 0 Å². The Hall–Kier alpha value is -3.40. The number of nitriles is 1. The van der Waals surface area contributed by atoms with E-state index >= 15 is 0 Å². The lowest BCUT2D eigenvalue weighted by atomic mass is 9.86. The Morgan fingerprint density at radius 3 is 2.55 bits per heavy atom. The highest BCUT2D eigenvalue weighted by atomic mass is 35.5. The third-order valence-corrected chi connectivity index (χ3v) is 6.76. The van der Waals surface area contributed by atoms with Crippen molar-refractivity contribution in [1.82, 2.24) is 4.90 Å². The number of carboxylic acid groups (broad SMARTS) is 1. The van der Waals surface area contributed by atoms with E-state index < -0.39 is 29.6 Å². The summed E-state index contributed by atoms with van der Waals surface area (Å²) in [5.74, 6) is -1.47. The predicted molar refractivity (Wildman–Crippen MR) is 124 cm³/mol. The van der Waals surface area contributed by atoms with Crippen LogP contribution in [0.3, 0.4) is 0 Å². The van der Waals surface area contributed by atoms with Gasteiger partial charge in [0, 0.05) is 18.6 Å². The van der Waals surface area contributed by atoms with Crippen LogP contribution in [0.4, 0.5) is 0 Å². The van der Waals surface area contributed by atoms with E-state index in [1.54, 1.807) is 36.4 Å². The monoisotopic (exact) mass is 462 g/mol. The van der Waals surface area contributed by atoms with Crippen molar-refractivity contribution in [2.75, 3.05) is 7.11 Å². The summed E-state index contributed by atoms with van der Waals surface area (Å²) >= 11 is 6.40. The topological polar surface area (TPSA) is 90.6 Å². The van der Waals surface area contributed by atoms with Crippen LogP contribution in [-0.2, 0) is 14.3 Å². The van der Waals surface area contributed by atoms with E-state index in [1.165, 1.54) is 12.0 Å². The summed E-state index contributed by atoms with van der Waals surface area (Å²) in [5, 5.41) is 19.8. The fourth-order valence-electron chi connectivity index (χ4n) is 4.66. The van der Waals surface area contributed by atoms with Gasteiger partial charge >= 0.3 is 5.97 Å². The molecule has 1 saturated heterocycles. The van der Waals surface area contributed by atoms with E-state index in [0.717, 1.165) is 16.7 Å². The number of carbonyl (C=O) groups excluding carboxylic acids is 1. The first-order chi connectivity index (χ1) is 15.9. The molecule has 6 nitrogen and oxygen atoms in total. The van der Waals surface area contributed by atoms with Crippen LogP contribution in [0.2, 0.25) is 5.02 Å². The van der Waals surface area contributed by atoms with Crippen molar-refractivity contribution >= 4 is 29.1 Å². The summed E-state index contributed by atoms with van der Waals surface area (Å²) in [6.07, 6.45) is 6.32. The molecule has 1 heterocycles. The van der Waals surface area contributed by atoms with Crippen LogP contribution in [0.5, 0.6) is 0 Å². The minimum atomic E-state index is -1.34. The summed E-state index contributed by atoms with van der Waals surface area (Å²) in [4.78, 5) is 27.3. The Bertz CT molecular complexity index is 1200. The van der Waals surface area contributed by atoms with Gasteiger partial charge in [-0.15, -0.1) is 0 Å². The quantitative estimate of drug-likeness (QED) is 0.692. The third-order valence-electron chi connectivity index (χ3n) is 6.41. The van der Waals surface area contributed by atoms with Crippen molar-refractivity contribution in [1.29, 1.82) is 5.26 Å². The van der Waals surface area contributed by atoms with Gasteiger partial charge in [-0.1, -0.05) is 60.2 Å². The van der Waals surface area contributed by atoms with Crippen LogP contribution in [0.15, 0.2) is 66.8 Å². The number of methoxy groups -OCH3 is 1. The lowest BCUT2D eigenvalue weighted by Gasteiger charge is -2.38. The average Bonchev–Trinajstić information content (AvgIpc) is 3.29. The standard InChI is InChI=1S/C26H23ClN2O4/c1-33-26(14-12-17(13-15-26)19-7-3-2-6-18(19)16-28)25(32)29-22(10-11-23(29)24(30)31)20-8-4-5-9-21(20)27/h2-9,12-14,22-23H,10-11,15H2,1H3,(H,30,31)/t22-,23+,26?/m1/s1. The van der Waals surface area contributed by atoms with Crippen LogP contribution >= 0.6 is 11.6 Å². The third kappa shape index (κ3) is 4.06. The molecule has 7 heteroatoms. The number of likely N-dealkylation sites (tertiary alicyclic amines) is 1. The van der Waals surface area contributed by atoms with Gasteiger partial charge in [-0.2, -0.15) is 5.26 Å². The first-order valence-electron chi connectivity index (χ1n) is 10.7. The SMILES string of the molecule is COC1(C(=O)N2[C@@H](c3ccccc3Cl)CC[C@H]2C(=O)O)C=CC(c2ccccc2C#N)=CC1. The van der Waals surface area contributed by atoms with Crippen molar-refractivity contribution in [3.8, 4) is 6.07 Å². The molecule has 1 aliphatic carbocycles. The molecule has 0 aromatic heterocycles. The molecule has 0 bridgehead atoms. The number of nitrogens with zero attached hydrogens (tertiary/aromatic N) is 2. The van der Waals surface area contributed by atoms with Crippen LogP contribution in [-0.4, -0.2) is 40.6 Å². The van der Waals surface area contributed by atoms with Gasteiger partial charge in [0.2, 0.25) is 0 Å². The molecule has 168 valence electrons. The number of amides is 1. The van der Waals surface area contributed by atoms with Gasteiger partial charge < -0.3 is 14.7 Å². The number of halogens is 1. The van der Waals surface area contributed by atoms with Crippen molar-refractivity contribution in [2.45, 2.75) is 36.9 Å². The van der Waals surface area contributed by atoms with Gasteiger partial charge in [0.15, 0.2) is 5.60 Å². The zero-order valence-corrected chi connectivity index (χ0v) is 18.8. The molecule has 1 unspecified atom stereocenters. The van der Waals surface area contributed by atoms with E-state index in [1.807, 2.05) is 30.3 Å². The van der Waals surface area contributed by atoms with Crippen LogP contribution < -0.4 is 0 Å². The number of ether oxygens (including phenoxy) is 1. The van der Waals surface area contributed by atoms with Gasteiger partial charge in [0.1, 0.15) is 6.04 Å². The molecule has 0 radical (unpaired) electrons. The number of allylic oxidation sites excluding steroid dienone is 2. The molecule has 1 fully saturated rings. The van der Waals surface area contributed by atoms with Crippen LogP contribution in [0.25, 0.3) is 5.57 Å². The Kier molecular flexibility index (Phi) is 6.37. The molecule has 1 N–H and O–H groups in total. The van der Waals surface area contributed by atoms with E-state index in [2.05, 4.69) is 6.07 Å². The van der Waals surface area contributed by atoms with Gasteiger partial charge in [0.05, 0.1) is 17.7 Å². The second-order valence-electron chi connectivity index (χ2n) is 8.13. The predicted octanol–water partition coefficient (Wildman–Crippen LogP) is 4.76. The number of hydrogen-bond acceptors (Lipinski definition) is 4. The summed E-state index contributed by atoms with van der Waals surface area (Å²) in [5.41, 5.74) is 1.50. The van der Waals surface area contributed by atoms with Gasteiger partial charge in [-0.3, -0.25) is 4.79 Å². The number of aliphatic carboxylic acids is 1. The second kappa shape index (κ2) is 9.22. The number of carbonyl (C=O) groups is 2. The molecule has 0 spiro atoms. The van der Waals surface area contributed by atoms with Crippen molar-refractivity contribution in [3.63, 3.8) is 0 Å². The number of carboxylic acids is 1. The zero-order valence-electron chi connectivity index (χ0n) is 18.1. The lowest BCUT2D eigenvalue weighted by molar-refractivity contribution is -0.159. The molecule has 3 atom stereocenters. The van der Waals surface area contributed by atoms with E-state index in [-0.39, 0.29) is 6.42 Å². The molecule has 33 heavy (non-hydrogen) atoms. The second-order valence-corrected chi connectivity index (χ2v) is 8.54. The first-order valence-corrected chi connectivity index (χ1v) is 11.0. The maximum Gasteiger partial charge on any atom is 0.326 e. The molecule has 1 amide bonds. The fraction of sp³-hybridized carbons (Fsp3) is 0.269. The lowest BCUT2D eigenvalue weighted by Crippen LogP contribution is -2.53. The molecule has 2 aromatic carbocycles. The molecule has 1 aliphatic heterocycles. The highest BCUT2D eigenvalue weighted by Crippen LogP contribution is 2.42. The van der Waals surface area contributed by atoms with Crippen LogP contribution in [0.1, 0.15) is 42.0 Å². The smallest absolute Gasteiger partial charge is 0.326 e. The Labute approximate surface area is 197 Å². The molecule has 4 rings (SSSR count). The molecular weight excluding hydrogens is 440 g/mol. The first kappa shape index (κ1) is 22.8. The summed E-state index contributed by atoms with van der Waals surface area (Å²) in [7, 11) is 1.45. The zero-order chi connectivity index (χ0) is 23.6. The highest BCUT2D eigenvalue weighted by Gasteiger charge is 2.49. The average molecular weight is 463 g/mol. The molecular formula is C26H23ClN2O4. The Morgan fingerprint density at radius 2 is 1.91 bits per heavy atom. The summed E-state index contributed by atoms with van der Waals surface area (Å²) in [6.45, 7) is 0. The molecule has 2 aromatic rings.